The van der Waals surface area contributed by atoms with Crippen LogP contribution in [0.3, 0.4) is 0 Å². The van der Waals surface area contributed by atoms with Crippen LogP contribution in [-0.4, -0.2) is 29.8 Å². The van der Waals surface area contributed by atoms with E-state index in [9.17, 15) is 0 Å². The van der Waals surface area contributed by atoms with Gasteiger partial charge in [0.1, 0.15) is 5.75 Å². The lowest BCUT2D eigenvalue weighted by Crippen LogP contribution is -2.36. The fourth-order valence-electron chi connectivity index (χ4n) is 2.84. The van der Waals surface area contributed by atoms with Crippen molar-refractivity contribution in [3.63, 3.8) is 0 Å². The third-order valence-electron chi connectivity index (χ3n) is 3.83. The molecule has 3 N–H and O–H groups in total. The number of rotatable bonds is 3. The minimum Gasteiger partial charge on any atom is -0.497 e. The van der Waals surface area contributed by atoms with E-state index >= 15 is 0 Å². The Kier molecular flexibility index (Phi) is 3.29. The van der Waals surface area contributed by atoms with Gasteiger partial charge in [-0.05, 0) is 26.0 Å². The normalized spacial score (nSPS) is 18.0. The molecule has 0 aliphatic carbocycles. The fraction of sp³-hybridized carbons (Fsp3) is 0.333. The van der Waals surface area contributed by atoms with E-state index in [1.807, 2.05) is 43.0 Å². The van der Waals surface area contributed by atoms with Crippen molar-refractivity contribution in [2.24, 2.45) is 10.7 Å². The van der Waals surface area contributed by atoms with Crippen molar-refractivity contribution in [2.45, 2.75) is 19.9 Å². The summed E-state index contributed by atoms with van der Waals surface area (Å²) in [5, 5.41) is 7.31. The van der Waals surface area contributed by atoms with Crippen molar-refractivity contribution in [2.75, 3.05) is 18.6 Å². The molecule has 21 heavy (non-hydrogen) atoms. The Morgan fingerprint density at radius 2 is 2.19 bits per heavy atom. The van der Waals surface area contributed by atoms with Crippen LogP contribution in [0.4, 0.5) is 5.69 Å². The number of benzene rings is 1. The third kappa shape index (κ3) is 2.22. The molecule has 0 fully saturated rings. The van der Waals surface area contributed by atoms with Crippen LogP contribution in [0.5, 0.6) is 5.75 Å². The Morgan fingerprint density at radius 1 is 1.38 bits per heavy atom. The second kappa shape index (κ2) is 5.12. The Labute approximate surface area is 123 Å². The van der Waals surface area contributed by atoms with E-state index in [-0.39, 0.29) is 6.04 Å². The maximum Gasteiger partial charge on any atom is 0.196 e. The molecular weight excluding hydrogens is 266 g/mol. The predicted octanol–water partition coefficient (Wildman–Crippen LogP) is 1.91. The highest BCUT2D eigenvalue weighted by Gasteiger charge is 2.32. The lowest BCUT2D eigenvalue weighted by atomic mass is 10.0. The summed E-state index contributed by atoms with van der Waals surface area (Å²) in [5.74, 6) is 1.32. The Bertz CT molecular complexity index is 672. The van der Waals surface area contributed by atoms with Crippen LogP contribution in [0, 0.1) is 13.8 Å². The van der Waals surface area contributed by atoms with Crippen LogP contribution in [0.2, 0.25) is 0 Å². The Hall–Kier alpha value is -2.50. The molecule has 0 radical (unpaired) electrons. The lowest BCUT2D eigenvalue weighted by molar-refractivity contribution is 0.415. The minimum absolute atomic E-state index is 0.0656. The van der Waals surface area contributed by atoms with E-state index < -0.39 is 0 Å². The summed E-state index contributed by atoms with van der Waals surface area (Å²) in [6, 6.07) is 7.90. The van der Waals surface area contributed by atoms with Crippen LogP contribution in [0.25, 0.3) is 0 Å². The second-order valence-electron chi connectivity index (χ2n) is 5.13. The number of hydrogen-bond donors (Lipinski definition) is 2. The largest absolute Gasteiger partial charge is 0.497 e. The number of ether oxygens (including phenoxy) is 1. The monoisotopic (exact) mass is 285 g/mol. The molecular formula is C15H19N5O. The van der Waals surface area contributed by atoms with Gasteiger partial charge in [-0.2, -0.15) is 5.10 Å². The van der Waals surface area contributed by atoms with Crippen molar-refractivity contribution in [1.82, 2.24) is 10.2 Å². The van der Waals surface area contributed by atoms with Crippen LogP contribution < -0.4 is 15.4 Å². The third-order valence-corrected chi connectivity index (χ3v) is 3.83. The first-order valence-electron chi connectivity index (χ1n) is 6.86. The number of hydrogen-bond acceptors (Lipinski definition) is 5. The first kappa shape index (κ1) is 13.5. The Balaban J connectivity index is 2.03. The number of nitrogens with two attached hydrogens (primary N) is 1. The molecule has 1 unspecified atom stereocenters. The number of nitrogens with zero attached hydrogens (tertiary/aromatic N) is 3. The Morgan fingerprint density at radius 3 is 2.86 bits per heavy atom. The number of aliphatic imine (C=N–C) groups is 1. The summed E-state index contributed by atoms with van der Waals surface area (Å²) in [5.41, 5.74) is 10.3. The zero-order valence-corrected chi connectivity index (χ0v) is 12.4. The summed E-state index contributed by atoms with van der Waals surface area (Å²) in [7, 11) is 1.66. The summed E-state index contributed by atoms with van der Waals surface area (Å²) < 4.78 is 5.30. The maximum atomic E-state index is 6.10. The molecule has 6 heteroatoms. The summed E-state index contributed by atoms with van der Waals surface area (Å²) in [4.78, 5) is 6.44. The first-order chi connectivity index (χ1) is 10.1. The first-order valence-corrected chi connectivity index (χ1v) is 6.86. The molecule has 0 amide bonds. The number of aryl methyl sites for hydroxylation is 2. The van der Waals surface area contributed by atoms with Crippen molar-refractivity contribution in [1.29, 1.82) is 0 Å². The number of aromatic amines is 1. The topological polar surface area (TPSA) is 79.5 Å². The molecule has 0 saturated carbocycles. The van der Waals surface area contributed by atoms with Crippen molar-refractivity contribution < 1.29 is 4.74 Å². The number of nitrogens with one attached hydrogen (secondary N) is 1. The molecule has 2 aromatic rings. The molecule has 0 bridgehead atoms. The van der Waals surface area contributed by atoms with Crippen LogP contribution >= 0.6 is 0 Å². The standard InChI is InChI=1S/C15H19N5O/c1-9-14(10(2)19-18-9)13-8-17-15(16)20(13)11-5-4-6-12(7-11)21-3/h4-7,13H,8H2,1-3H3,(H2,16,17)(H,18,19). The van der Waals surface area contributed by atoms with Gasteiger partial charge < -0.3 is 15.4 Å². The van der Waals surface area contributed by atoms with Gasteiger partial charge in [-0.3, -0.25) is 10.1 Å². The molecule has 6 nitrogen and oxygen atoms in total. The molecule has 110 valence electrons. The van der Waals surface area contributed by atoms with E-state index in [0.717, 1.165) is 28.4 Å². The molecule has 3 rings (SSSR count). The average Bonchev–Trinajstić information content (AvgIpc) is 3.02. The highest BCUT2D eigenvalue weighted by atomic mass is 16.5. The van der Waals surface area contributed by atoms with E-state index in [4.69, 9.17) is 10.5 Å². The minimum atomic E-state index is 0.0656. The number of H-pyrrole nitrogens is 1. The van der Waals surface area contributed by atoms with E-state index in [0.29, 0.717) is 12.5 Å². The van der Waals surface area contributed by atoms with E-state index in [2.05, 4.69) is 15.2 Å². The number of guanidine groups is 1. The van der Waals surface area contributed by atoms with Gasteiger partial charge in [-0.25, -0.2) is 0 Å². The second-order valence-corrected chi connectivity index (χ2v) is 5.13. The molecule has 1 aromatic carbocycles. The van der Waals surface area contributed by atoms with Crippen LogP contribution in [0.15, 0.2) is 29.3 Å². The van der Waals surface area contributed by atoms with E-state index in [1.54, 1.807) is 7.11 Å². The van der Waals surface area contributed by atoms with Gasteiger partial charge in [-0.1, -0.05) is 6.07 Å². The van der Waals surface area contributed by atoms with Crippen LogP contribution in [-0.2, 0) is 0 Å². The molecule has 2 heterocycles. The molecule has 0 saturated heterocycles. The summed E-state index contributed by atoms with van der Waals surface area (Å²) in [6.45, 7) is 4.65. The SMILES string of the molecule is COc1cccc(N2C(N)=NCC2c2c(C)n[nH]c2C)c1. The molecule has 0 spiro atoms. The zero-order chi connectivity index (χ0) is 15.0. The van der Waals surface area contributed by atoms with Crippen molar-refractivity contribution >= 4 is 11.6 Å². The lowest BCUT2D eigenvalue weighted by Gasteiger charge is -2.27. The fourth-order valence-corrected chi connectivity index (χ4v) is 2.84. The molecule has 1 aliphatic rings. The van der Waals surface area contributed by atoms with Gasteiger partial charge in [-0.15, -0.1) is 0 Å². The molecule has 1 aliphatic heterocycles. The van der Waals surface area contributed by atoms with Gasteiger partial charge >= 0.3 is 0 Å². The van der Waals surface area contributed by atoms with Gasteiger partial charge in [0.05, 0.1) is 25.4 Å². The average molecular weight is 285 g/mol. The maximum absolute atomic E-state index is 6.10. The summed E-state index contributed by atoms with van der Waals surface area (Å²) in [6.07, 6.45) is 0. The highest BCUT2D eigenvalue weighted by molar-refractivity contribution is 5.97. The van der Waals surface area contributed by atoms with E-state index in [1.165, 1.54) is 0 Å². The van der Waals surface area contributed by atoms with Crippen molar-refractivity contribution in [3.8, 4) is 5.75 Å². The van der Waals surface area contributed by atoms with Gasteiger partial charge in [0.25, 0.3) is 0 Å². The van der Waals surface area contributed by atoms with Gasteiger partial charge in [0.15, 0.2) is 5.96 Å². The molecule has 1 atom stereocenters. The van der Waals surface area contributed by atoms with Crippen molar-refractivity contribution in [3.05, 3.63) is 41.2 Å². The van der Waals surface area contributed by atoms with Gasteiger partial charge in [0.2, 0.25) is 0 Å². The molecule has 1 aromatic heterocycles. The summed E-state index contributed by atoms with van der Waals surface area (Å²) >= 11 is 0. The predicted molar refractivity (Wildman–Crippen MR) is 82.8 cm³/mol. The zero-order valence-electron chi connectivity index (χ0n) is 12.4. The number of methoxy groups -OCH3 is 1. The number of anilines is 1. The van der Waals surface area contributed by atoms with Gasteiger partial charge in [0, 0.05) is 23.0 Å². The number of aromatic nitrogens is 2. The quantitative estimate of drug-likeness (QED) is 0.903. The highest BCUT2D eigenvalue weighted by Crippen LogP contribution is 2.34. The van der Waals surface area contributed by atoms with Crippen LogP contribution in [0.1, 0.15) is 23.0 Å². The smallest absolute Gasteiger partial charge is 0.196 e.